The second kappa shape index (κ2) is 8.24. The Balaban J connectivity index is 1.49. The Hall–Kier alpha value is -2.17. The maximum atomic E-state index is 12.6. The first kappa shape index (κ1) is 19.6. The van der Waals surface area contributed by atoms with E-state index in [1.165, 1.54) is 0 Å². The summed E-state index contributed by atoms with van der Waals surface area (Å²) in [6, 6.07) is 6.56. The van der Waals surface area contributed by atoms with Crippen LogP contribution in [0.5, 0.6) is 0 Å². The number of anilines is 1. The summed E-state index contributed by atoms with van der Waals surface area (Å²) < 4.78 is 5.94. The summed E-state index contributed by atoms with van der Waals surface area (Å²) in [6.07, 6.45) is 3.93. The molecule has 1 aliphatic heterocycles. The third-order valence-electron chi connectivity index (χ3n) is 4.73. The molecule has 8 nitrogen and oxygen atoms in total. The van der Waals surface area contributed by atoms with Gasteiger partial charge in [-0.25, -0.2) is 4.79 Å². The Kier molecular flexibility index (Phi) is 5.98. The molecule has 1 aromatic rings. The third kappa shape index (κ3) is 4.57. The van der Waals surface area contributed by atoms with Gasteiger partial charge in [0.05, 0.1) is 0 Å². The summed E-state index contributed by atoms with van der Waals surface area (Å²) in [5.74, 6) is -1.68. The lowest BCUT2D eigenvalue weighted by molar-refractivity contribution is -0.150. The summed E-state index contributed by atoms with van der Waals surface area (Å²) in [6.45, 7) is -0.983. The largest absolute Gasteiger partial charge is 0.454 e. The number of nitrogens with zero attached hydrogens (tertiary/aromatic N) is 1. The highest BCUT2D eigenvalue weighted by Crippen LogP contribution is 2.33. The van der Waals surface area contributed by atoms with Crippen molar-refractivity contribution < 1.29 is 23.9 Å². The van der Waals surface area contributed by atoms with Crippen LogP contribution in [0.1, 0.15) is 32.1 Å². The first-order valence-electron chi connectivity index (χ1n) is 8.75. The molecule has 3 rings (SSSR count). The molecule has 1 heterocycles. The Morgan fingerprint density at radius 2 is 1.81 bits per heavy atom. The van der Waals surface area contributed by atoms with E-state index in [1.54, 1.807) is 12.1 Å². The van der Waals surface area contributed by atoms with Crippen LogP contribution < -0.4 is 10.6 Å². The molecule has 0 atom stereocenters. The lowest BCUT2D eigenvalue weighted by Crippen LogP contribution is -2.48. The number of hydrogen-bond acceptors (Lipinski definition) is 5. The summed E-state index contributed by atoms with van der Waals surface area (Å²) in [5.41, 5.74) is -0.289. The number of urea groups is 1. The van der Waals surface area contributed by atoms with Gasteiger partial charge in [0.25, 0.3) is 11.8 Å². The number of benzene rings is 1. The van der Waals surface area contributed by atoms with Crippen molar-refractivity contribution in [1.82, 2.24) is 10.2 Å². The van der Waals surface area contributed by atoms with Crippen LogP contribution in [0.4, 0.5) is 10.5 Å². The molecule has 1 spiro atoms. The topological polar surface area (TPSA) is 105 Å². The van der Waals surface area contributed by atoms with Crippen LogP contribution in [0, 0.1) is 3.57 Å². The predicted octanol–water partition coefficient (Wildman–Crippen LogP) is 2.03. The number of amides is 4. The van der Waals surface area contributed by atoms with Gasteiger partial charge < -0.3 is 15.4 Å². The molecule has 1 aliphatic carbocycles. The Bertz CT molecular complexity index is 759. The maximum absolute atomic E-state index is 12.6. The SMILES string of the molecule is O=C(COC(=O)CN1C(=O)NC2(CCCCC2)C1=O)Nc1ccc(I)cc1. The zero-order valence-electron chi connectivity index (χ0n) is 14.6. The molecule has 144 valence electrons. The van der Waals surface area contributed by atoms with E-state index in [-0.39, 0.29) is 5.91 Å². The minimum atomic E-state index is -0.877. The molecule has 0 unspecified atom stereocenters. The number of halogens is 1. The minimum Gasteiger partial charge on any atom is -0.454 e. The second-order valence-electron chi connectivity index (χ2n) is 6.68. The van der Waals surface area contributed by atoms with Crippen molar-refractivity contribution in [3.8, 4) is 0 Å². The number of nitrogens with one attached hydrogen (secondary N) is 2. The van der Waals surface area contributed by atoms with Crippen molar-refractivity contribution in [2.24, 2.45) is 0 Å². The number of esters is 1. The van der Waals surface area contributed by atoms with Crippen LogP contribution in [0.3, 0.4) is 0 Å². The van der Waals surface area contributed by atoms with Crippen LogP contribution >= 0.6 is 22.6 Å². The fraction of sp³-hybridized carbons (Fsp3) is 0.444. The van der Waals surface area contributed by atoms with Gasteiger partial charge in [-0.05, 0) is 59.7 Å². The monoisotopic (exact) mass is 485 g/mol. The highest BCUT2D eigenvalue weighted by molar-refractivity contribution is 14.1. The van der Waals surface area contributed by atoms with E-state index in [1.807, 2.05) is 12.1 Å². The van der Waals surface area contributed by atoms with Crippen molar-refractivity contribution >= 4 is 52.1 Å². The molecule has 4 amide bonds. The van der Waals surface area contributed by atoms with Gasteiger partial charge in [-0.2, -0.15) is 0 Å². The zero-order valence-corrected chi connectivity index (χ0v) is 16.8. The highest BCUT2D eigenvalue weighted by atomic mass is 127. The minimum absolute atomic E-state index is 0.382. The molecule has 2 fully saturated rings. The van der Waals surface area contributed by atoms with Crippen LogP contribution in [0.2, 0.25) is 0 Å². The molecule has 0 aromatic heterocycles. The van der Waals surface area contributed by atoms with Gasteiger partial charge in [-0.15, -0.1) is 0 Å². The molecule has 2 N–H and O–H groups in total. The van der Waals surface area contributed by atoms with Gasteiger partial charge in [0.15, 0.2) is 6.61 Å². The number of carbonyl (C=O) groups excluding carboxylic acids is 4. The van der Waals surface area contributed by atoms with Gasteiger partial charge in [0.1, 0.15) is 12.1 Å². The number of carbonyl (C=O) groups is 4. The molecule has 9 heteroatoms. The maximum Gasteiger partial charge on any atom is 0.326 e. The normalized spacial score (nSPS) is 18.3. The molecular weight excluding hydrogens is 465 g/mol. The van der Waals surface area contributed by atoms with Crippen LogP contribution in [-0.4, -0.2) is 47.4 Å². The zero-order chi connectivity index (χ0) is 19.4. The Morgan fingerprint density at radius 3 is 2.48 bits per heavy atom. The standard InChI is InChI=1S/C18H20IN3O5/c19-12-4-6-13(7-5-12)20-14(23)11-27-15(24)10-22-16(25)18(21-17(22)26)8-2-1-3-9-18/h4-7H,1-3,8-11H2,(H,20,23)(H,21,26). The van der Waals surface area contributed by atoms with E-state index >= 15 is 0 Å². The Labute approximate surface area is 170 Å². The summed E-state index contributed by atoms with van der Waals surface area (Å²) in [5, 5.41) is 5.33. The molecule has 1 saturated carbocycles. The van der Waals surface area contributed by atoms with Gasteiger partial charge in [-0.1, -0.05) is 19.3 Å². The first-order chi connectivity index (χ1) is 12.9. The van der Waals surface area contributed by atoms with Gasteiger partial charge in [-0.3, -0.25) is 19.3 Å². The Morgan fingerprint density at radius 1 is 1.15 bits per heavy atom. The predicted molar refractivity (Wildman–Crippen MR) is 105 cm³/mol. The van der Waals surface area contributed by atoms with E-state index in [0.717, 1.165) is 27.7 Å². The average Bonchev–Trinajstić information content (AvgIpc) is 2.86. The van der Waals surface area contributed by atoms with Crippen molar-refractivity contribution in [3.05, 3.63) is 27.8 Å². The quantitative estimate of drug-likeness (QED) is 0.378. The van der Waals surface area contributed by atoms with Gasteiger partial charge >= 0.3 is 12.0 Å². The molecule has 1 saturated heterocycles. The summed E-state index contributed by atoms with van der Waals surface area (Å²) in [4.78, 5) is 49.4. The lowest BCUT2D eigenvalue weighted by atomic mass is 9.82. The number of ether oxygens (including phenoxy) is 1. The second-order valence-corrected chi connectivity index (χ2v) is 7.93. The number of rotatable bonds is 5. The molecule has 2 aliphatic rings. The van der Waals surface area contributed by atoms with Crippen LogP contribution in [-0.2, 0) is 19.1 Å². The fourth-order valence-electron chi connectivity index (χ4n) is 3.37. The van der Waals surface area contributed by atoms with Crippen molar-refractivity contribution in [1.29, 1.82) is 0 Å². The van der Waals surface area contributed by atoms with Crippen molar-refractivity contribution in [2.45, 2.75) is 37.6 Å². The fourth-order valence-corrected chi connectivity index (χ4v) is 3.72. The summed E-state index contributed by atoms with van der Waals surface area (Å²) >= 11 is 2.15. The van der Waals surface area contributed by atoms with Crippen LogP contribution in [0.25, 0.3) is 0 Å². The molecule has 0 radical (unpaired) electrons. The van der Waals surface area contributed by atoms with Gasteiger partial charge in [0.2, 0.25) is 0 Å². The molecule has 27 heavy (non-hydrogen) atoms. The smallest absolute Gasteiger partial charge is 0.326 e. The summed E-state index contributed by atoms with van der Waals surface area (Å²) in [7, 11) is 0. The lowest BCUT2D eigenvalue weighted by Gasteiger charge is -2.30. The number of imide groups is 1. The van der Waals surface area contributed by atoms with Gasteiger partial charge in [0, 0.05) is 9.26 Å². The van der Waals surface area contributed by atoms with E-state index in [2.05, 4.69) is 33.2 Å². The average molecular weight is 485 g/mol. The molecule has 0 bridgehead atoms. The van der Waals surface area contributed by atoms with Crippen molar-refractivity contribution in [3.63, 3.8) is 0 Å². The van der Waals surface area contributed by atoms with E-state index in [0.29, 0.717) is 18.5 Å². The van der Waals surface area contributed by atoms with Crippen molar-refractivity contribution in [2.75, 3.05) is 18.5 Å². The molecule has 1 aromatic carbocycles. The first-order valence-corrected chi connectivity index (χ1v) is 9.83. The third-order valence-corrected chi connectivity index (χ3v) is 5.45. The van der Waals surface area contributed by atoms with Crippen LogP contribution in [0.15, 0.2) is 24.3 Å². The van der Waals surface area contributed by atoms with E-state index in [9.17, 15) is 19.2 Å². The highest BCUT2D eigenvalue weighted by Gasteiger charge is 2.51. The van der Waals surface area contributed by atoms with E-state index in [4.69, 9.17) is 4.74 Å². The number of hydrogen-bond donors (Lipinski definition) is 2. The van der Waals surface area contributed by atoms with E-state index < -0.39 is 36.6 Å². The molecular formula is C18H20IN3O5.